The predicted octanol–water partition coefficient (Wildman–Crippen LogP) is 4.78. The zero-order chi connectivity index (χ0) is 20.5. The standard InChI is InChI=1S/C19H23BrN2O4S2/c1-19(2,3)26-18(23)21-10-8-13-4-5-15(12-14(13)9-11-21)22(28(24)25)17-7-6-16(20)27-17/h4-7,12H,8-11H2,1-3H3,(H,24,25)/p-1. The normalized spacial score (nSPS) is 15.5. The van der Waals surface area contributed by atoms with Crippen LogP contribution in [0.4, 0.5) is 15.5 Å². The molecule has 1 unspecified atom stereocenters. The second-order valence-corrected chi connectivity index (χ2v) is 10.8. The van der Waals surface area contributed by atoms with E-state index in [0.29, 0.717) is 36.6 Å². The van der Waals surface area contributed by atoms with E-state index in [-0.39, 0.29) is 6.09 Å². The largest absolute Gasteiger partial charge is 0.755 e. The first-order chi connectivity index (χ1) is 13.1. The number of benzene rings is 1. The number of rotatable bonds is 3. The molecule has 2 aromatic rings. The lowest BCUT2D eigenvalue weighted by Gasteiger charge is -2.26. The molecule has 1 aromatic heterocycles. The predicted molar refractivity (Wildman–Crippen MR) is 115 cm³/mol. The summed E-state index contributed by atoms with van der Waals surface area (Å²) < 4.78 is 31.4. The van der Waals surface area contributed by atoms with E-state index in [4.69, 9.17) is 4.74 Å². The Labute approximate surface area is 180 Å². The van der Waals surface area contributed by atoms with Gasteiger partial charge in [-0.25, -0.2) is 4.79 Å². The fourth-order valence-electron chi connectivity index (χ4n) is 3.05. The smallest absolute Gasteiger partial charge is 0.410 e. The van der Waals surface area contributed by atoms with Crippen LogP contribution in [0.15, 0.2) is 34.1 Å². The summed E-state index contributed by atoms with van der Waals surface area (Å²) in [5.74, 6) is 0. The highest BCUT2D eigenvalue weighted by Crippen LogP contribution is 2.36. The molecule has 0 radical (unpaired) electrons. The van der Waals surface area contributed by atoms with E-state index in [2.05, 4.69) is 15.9 Å². The van der Waals surface area contributed by atoms with Gasteiger partial charge in [-0.05, 0) is 84.9 Å². The lowest BCUT2D eigenvalue weighted by Crippen LogP contribution is -2.38. The molecule has 1 aliphatic rings. The molecule has 0 spiro atoms. The van der Waals surface area contributed by atoms with Gasteiger partial charge in [-0.15, -0.1) is 11.3 Å². The molecule has 2 heterocycles. The van der Waals surface area contributed by atoms with Crippen molar-refractivity contribution in [3.63, 3.8) is 0 Å². The Morgan fingerprint density at radius 3 is 2.46 bits per heavy atom. The first-order valence-corrected chi connectivity index (χ1v) is 11.5. The van der Waals surface area contributed by atoms with Crippen LogP contribution in [0.1, 0.15) is 31.9 Å². The Bertz CT molecular complexity index is 894. The molecule has 6 nitrogen and oxygen atoms in total. The molecule has 1 aromatic carbocycles. The van der Waals surface area contributed by atoms with Crippen molar-refractivity contribution < 1.29 is 18.3 Å². The molecule has 152 valence electrons. The summed E-state index contributed by atoms with van der Waals surface area (Å²) in [6.07, 6.45) is 1.04. The van der Waals surface area contributed by atoms with Gasteiger partial charge in [0.25, 0.3) is 0 Å². The Kier molecular flexibility index (Phi) is 6.48. The highest BCUT2D eigenvalue weighted by atomic mass is 79.9. The van der Waals surface area contributed by atoms with Crippen LogP contribution in [0.5, 0.6) is 0 Å². The molecule has 0 saturated heterocycles. The maximum absolute atomic E-state index is 12.4. The van der Waals surface area contributed by atoms with Crippen molar-refractivity contribution in [2.45, 2.75) is 39.2 Å². The van der Waals surface area contributed by atoms with Gasteiger partial charge in [0.15, 0.2) is 0 Å². The molecule has 1 aliphatic heterocycles. The highest BCUT2D eigenvalue weighted by molar-refractivity contribution is 9.11. The number of amides is 1. The number of anilines is 2. The quantitative estimate of drug-likeness (QED) is 0.586. The summed E-state index contributed by atoms with van der Waals surface area (Å²) in [5.41, 5.74) is 2.23. The molecule has 1 atom stereocenters. The highest BCUT2D eigenvalue weighted by Gasteiger charge is 2.24. The average Bonchev–Trinajstić information content (AvgIpc) is 2.88. The van der Waals surface area contributed by atoms with E-state index in [0.717, 1.165) is 14.9 Å². The van der Waals surface area contributed by atoms with Gasteiger partial charge >= 0.3 is 6.09 Å². The number of carbonyl (C=O) groups excluding carboxylic acids is 1. The van der Waals surface area contributed by atoms with E-state index in [1.807, 2.05) is 45.0 Å². The Morgan fingerprint density at radius 1 is 1.21 bits per heavy atom. The van der Waals surface area contributed by atoms with E-state index < -0.39 is 16.9 Å². The summed E-state index contributed by atoms with van der Waals surface area (Å²) in [6.45, 7) is 6.67. The monoisotopic (exact) mass is 485 g/mol. The maximum Gasteiger partial charge on any atom is 0.410 e. The molecule has 0 fully saturated rings. The third-order valence-electron chi connectivity index (χ3n) is 4.29. The lowest BCUT2D eigenvalue weighted by atomic mass is 10.0. The van der Waals surface area contributed by atoms with Gasteiger partial charge in [-0.3, -0.25) is 8.51 Å². The summed E-state index contributed by atoms with van der Waals surface area (Å²) in [5, 5.41) is 0.615. The molecule has 9 heteroatoms. The summed E-state index contributed by atoms with van der Waals surface area (Å²) in [7, 11) is 0. The second-order valence-electron chi connectivity index (χ2n) is 7.51. The molecule has 28 heavy (non-hydrogen) atoms. The van der Waals surface area contributed by atoms with E-state index in [1.54, 1.807) is 11.0 Å². The number of ether oxygens (including phenoxy) is 1. The minimum atomic E-state index is -2.43. The van der Waals surface area contributed by atoms with Crippen molar-refractivity contribution in [2.75, 3.05) is 17.4 Å². The zero-order valence-corrected chi connectivity index (χ0v) is 19.2. The fourth-order valence-corrected chi connectivity index (χ4v) is 5.13. The summed E-state index contributed by atoms with van der Waals surface area (Å²) >= 11 is 2.29. The molecule has 0 aliphatic carbocycles. The van der Waals surface area contributed by atoms with Crippen LogP contribution in [0.2, 0.25) is 0 Å². The number of carbonyl (C=O) groups is 1. The van der Waals surface area contributed by atoms with Gasteiger partial charge in [0.05, 0.1) is 20.7 Å². The Morgan fingerprint density at radius 2 is 1.89 bits per heavy atom. The van der Waals surface area contributed by atoms with Crippen LogP contribution in [-0.4, -0.2) is 38.4 Å². The summed E-state index contributed by atoms with van der Waals surface area (Å²) in [6, 6.07) is 9.25. The molecule has 3 rings (SSSR count). The average molecular weight is 486 g/mol. The van der Waals surface area contributed by atoms with Crippen LogP contribution >= 0.6 is 27.3 Å². The van der Waals surface area contributed by atoms with E-state index >= 15 is 0 Å². The first kappa shape index (κ1) is 21.3. The van der Waals surface area contributed by atoms with Gasteiger partial charge in [0.1, 0.15) is 10.6 Å². The van der Waals surface area contributed by atoms with Crippen molar-refractivity contribution in [2.24, 2.45) is 0 Å². The minimum absolute atomic E-state index is 0.314. The summed E-state index contributed by atoms with van der Waals surface area (Å²) in [4.78, 5) is 14.1. The number of halogens is 1. The van der Waals surface area contributed by atoms with Crippen LogP contribution in [0.25, 0.3) is 0 Å². The number of hydrogen-bond acceptors (Lipinski definition) is 5. The van der Waals surface area contributed by atoms with E-state index in [9.17, 15) is 13.6 Å². The van der Waals surface area contributed by atoms with Gasteiger partial charge in [-0.2, -0.15) is 0 Å². The van der Waals surface area contributed by atoms with Gasteiger partial charge < -0.3 is 14.2 Å². The fraction of sp³-hybridized carbons (Fsp3) is 0.421. The van der Waals surface area contributed by atoms with Gasteiger partial charge in [0.2, 0.25) is 0 Å². The Balaban J connectivity index is 1.81. The van der Waals surface area contributed by atoms with Crippen molar-refractivity contribution in [1.29, 1.82) is 0 Å². The second kappa shape index (κ2) is 8.52. The maximum atomic E-state index is 12.4. The number of thiophene rings is 1. The molecule has 0 bridgehead atoms. The zero-order valence-electron chi connectivity index (χ0n) is 15.9. The van der Waals surface area contributed by atoms with Gasteiger partial charge in [-0.1, -0.05) is 6.07 Å². The van der Waals surface area contributed by atoms with Gasteiger partial charge in [0, 0.05) is 13.1 Å². The first-order valence-electron chi connectivity index (χ1n) is 8.88. The number of nitrogens with zero attached hydrogens (tertiary/aromatic N) is 2. The van der Waals surface area contributed by atoms with Crippen molar-refractivity contribution in [3.05, 3.63) is 45.2 Å². The van der Waals surface area contributed by atoms with Crippen molar-refractivity contribution in [1.82, 2.24) is 4.90 Å². The number of fused-ring (bicyclic) bond motifs is 1. The Hall–Kier alpha value is -1.42. The number of hydrogen-bond donors (Lipinski definition) is 0. The SMILES string of the molecule is CC(C)(C)OC(=O)N1CCc2ccc(N(c3ccc(Br)s3)S(=O)[O-])cc2CC1. The molecular formula is C19H22BrN2O4S2-. The molecular weight excluding hydrogens is 464 g/mol. The molecule has 1 amide bonds. The molecule has 0 N–H and O–H groups in total. The van der Waals surface area contributed by atoms with Crippen molar-refractivity contribution in [3.8, 4) is 0 Å². The van der Waals surface area contributed by atoms with E-state index in [1.165, 1.54) is 15.6 Å². The topological polar surface area (TPSA) is 72.9 Å². The minimum Gasteiger partial charge on any atom is -0.755 e. The van der Waals surface area contributed by atoms with Crippen molar-refractivity contribution >= 4 is 55.3 Å². The third kappa shape index (κ3) is 5.14. The third-order valence-corrected chi connectivity index (χ3v) is 6.72. The molecule has 0 saturated carbocycles. The van der Waals surface area contributed by atoms with Crippen LogP contribution in [-0.2, 0) is 28.8 Å². The lowest BCUT2D eigenvalue weighted by molar-refractivity contribution is 0.0258. The van der Waals surface area contributed by atoms with Crippen LogP contribution < -0.4 is 4.31 Å². The van der Waals surface area contributed by atoms with Crippen LogP contribution in [0, 0.1) is 0 Å². The van der Waals surface area contributed by atoms with Crippen LogP contribution in [0.3, 0.4) is 0 Å².